The van der Waals surface area contributed by atoms with Gasteiger partial charge in [0.25, 0.3) is 0 Å². The molecule has 3 rings (SSSR count). The molecule has 1 atom stereocenters. The zero-order chi connectivity index (χ0) is 18.0. The minimum Gasteiger partial charge on any atom is -0.492 e. The average Bonchev–Trinajstić information content (AvgIpc) is 2.69. The maximum absolute atomic E-state index is 6.10. The number of hydrogen-bond donors (Lipinski definition) is 1. The monoisotopic (exact) mass is 360 g/mol. The molecule has 1 saturated carbocycles. The van der Waals surface area contributed by atoms with Crippen LogP contribution in [0.4, 0.5) is 0 Å². The van der Waals surface area contributed by atoms with E-state index in [1.54, 1.807) is 0 Å². The summed E-state index contributed by atoms with van der Waals surface area (Å²) in [6.07, 6.45) is 8.45. The Morgan fingerprint density at radius 2 is 1.92 bits per heavy atom. The molecule has 0 amide bonds. The summed E-state index contributed by atoms with van der Waals surface area (Å²) >= 11 is 0. The Bertz CT molecular complexity index is 511. The first kappa shape index (κ1) is 19.7. The highest BCUT2D eigenvalue weighted by atomic mass is 16.5. The summed E-state index contributed by atoms with van der Waals surface area (Å²) in [5.41, 5.74) is 1.27. The SMILES string of the molecule is C[C@@H](CC1CCCCC1)NCc1ccccc1OCCN1CCOCC1. The molecule has 1 aromatic rings. The van der Waals surface area contributed by atoms with Gasteiger partial charge in [-0.2, -0.15) is 0 Å². The molecule has 0 unspecified atom stereocenters. The first-order valence-electron chi connectivity index (χ1n) is 10.6. The van der Waals surface area contributed by atoms with Crippen LogP contribution in [0.15, 0.2) is 24.3 Å². The normalized spacial score (nSPS) is 20.8. The van der Waals surface area contributed by atoms with Crippen LogP contribution in [0, 0.1) is 5.92 Å². The molecule has 0 aromatic heterocycles. The second kappa shape index (κ2) is 10.9. The first-order valence-corrected chi connectivity index (χ1v) is 10.6. The van der Waals surface area contributed by atoms with Crippen molar-refractivity contribution in [3.8, 4) is 5.75 Å². The van der Waals surface area contributed by atoms with Crippen molar-refractivity contribution >= 4 is 0 Å². The topological polar surface area (TPSA) is 33.7 Å². The van der Waals surface area contributed by atoms with Crippen LogP contribution in [-0.4, -0.2) is 50.4 Å². The van der Waals surface area contributed by atoms with Crippen molar-refractivity contribution in [3.63, 3.8) is 0 Å². The van der Waals surface area contributed by atoms with Gasteiger partial charge in [-0.05, 0) is 25.3 Å². The average molecular weight is 361 g/mol. The van der Waals surface area contributed by atoms with Gasteiger partial charge < -0.3 is 14.8 Å². The summed E-state index contributed by atoms with van der Waals surface area (Å²) < 4.78 is 11.5. The van der Waals surface area contributed by atoms with E-state index in [9.17, 15) is 0 Å². The molecule has 0 bridgehead atoms. The van der Waals surface area contributed by atoms with Crippen molar-refractivity contribution in [2.45, 2.75) is 58.0 Å². The molecule has 0 radical (unpaired) electrons. The molecule has 1 aromatic carbocycles. The molecule has 1 aliphatic heterocycles. The molecule has 1 aliphatic carbocycles. The standard InChI is InChI=1S/C22H36N2O2/c1-19(17-20-7-3-2-4-8-20)23-18-21-9-5-6-10-22(21)26-16-13-24-11-14-25-15-12-24/h5-6,9-10,19-20,23H,2-4,7-8,11-18H2,1H3/t19-/m0/s1. The molecule has 2 aliphatic rings. The summed E-state index contributed by atoms with van der Waals surface area (Å²) in [7, 11) is 0. The summed E-state index contributed by atoms with van der Waals surface area (Å²) in [5, 5.41) is 3.72. The van der Waals surface area contributed by atoms with E-state index in [0.717, 1.165) is 57.7 Å². The number of para-hydroxylation sites is 1. The fourth-order valence-corrected chi connectivity index (χ4v) is 4.19. The maximum atomic E-state index is 6.10. The van der Waals surface area contributed by atoms with Crippen LogP contribution < -0.4 is 10.1 Å². The highest BCUT2D eigenvalue weighted by molar-refractivity contribution is 5.33. The number of nitrogens with one attached hydrogen (secondary N) is 1. The van der Waals surface area contributed by atoms with Gasteiger partial charge in [-0.3, -0.25) is 4.90 Å². The largest absolute Gasteiger partial charge is 0.492 e. The molecular weight excluding hydrogens is 324 g/mol. The highest BCUT2D eigenvalue weighted by Gasteiger charge is 2.16. The van der Waals surface area contributed by atoms with E-state index in [-0.39, 0.29) is 0 Å². The van der Waals surface area contributed by atoms with Crippen LogP contribution in [0.25, 0.3) is 0 Å². The Hall–Kier alpha value is -1.10. The molecule has 146 valence electrons. The lowest BCUT2D eigenvalue weighted by Gasteiger charge is -2.27. The third-order valence-corrected chi connectivity index (χ3v) is 5.79. The lowest BCUT2D eigenvalue weighted by Crippen LogP contribution is -2.38. The molecular formula is C22H36N2O2. The van der Waals surface area contributed by atoms with Gasteiger partial charge in [-0.25, -0.2) is 0 Å². The zero-order valence-electron chi connectivity index (χ0n) is 16.4. The van der Waals surface area contributed by atoms with Gasteiger partial charge in [0, 0.05) is 37.8 Å². The van der Waals surface area contributed by atoms with Gasteiger partial charge in [-0.1, -0.05) is 50.3 Å². The molecule has 1 N–H and O–H groups in total. The van der Waals surface area contributed by atoms with Crippen molar-refractivity contribution < 1.29 is 9.47 Å². The lowest BCUT2D eigenvalue weighted by atomic mass is 9.85. The second-order valence-corrected chi connectivity index (χ2v) is 7.93. The van der Waals surface area contributed by atoms with E-state index >= 15 is 0 Å². The fraction of sp³-hybridized carbons (Fsp3) is 0.727. The van der Waals surface area contributed by atoms with Gasteiger partial charge >= 0.3 is 0 Å². The van der Waals surface area contributed by atoms with Crippen LogP contribution in [0.2, 0.25) is 0 Å². The minimum absolute atomic E-state index is 0.569. The number of rotatable bonds is 9. The van der Waals surface area contributed by atoms with Crippen LogP contribution in [-0.2, 0) is 11.3 Å². The molecule has 1 heterocycles. The molecule has 26 heavy (non-hydrogen) atoms. The van der Waals surface area contributed by atoms with Crippen molar-refractivity contribution in [2.75, 3.05) is 39.5 Å². The molecule has 1 saturated heterocycles. The quantitative estimate of drug-likeness (QED) is 0.725. The predicted molar refractivity (Wildman–Crippen MR) is 107 cm³/mol. The highest BCUT2D eigenvalue weighted by Crippen LogP contribution is 2.27. The Labute approximate surface area is 159 Å². The van der Waals surface area contributed by atoms with Crippen molar-refractivity contribution in [2.24, 2.45) is 5.92 Å². The number of benzene rings is 1. The van der Waals surface area contributed by atoms with Crippen molar-refractivity contribution in [3.05, 3.63) is 29.8 Å². The Morgan fingerprint density at radius 1 is 1.15 bits per heavy atom. The van der Waals surface area contributed by atoms with Gasteiger partial charge in [0.15, 0.2) is 0 Å². The van der Waals surface area contributed by atoms with E-state index in [2.05, 4.69) is 41.4 Å². The first-order chi connectivity index (χ1) is 12.8. The summed E-state index contributed by atoms with van der Waals surface area (Å²) in [6.45, 7) is 8.67. The van der Waals surface area contributed by atoms with E-state index < -0.39 is 0 Å². The molecule has 4 nitrogen and oxygen atoms in total. The van der Waals surface area contributed by atoms with E-state index in [1.807, 2.05) is 0 Å². The van der Waals surface area contributed by atoms with E-state index in [0.29, 0.717) is 6.04 Å². The molecule has 2 fully saturated rings. The summed E-state index contributed by atoms with van der Waals surface area (Å²) in [4.78, 5) is 2.41. The number of nitrogens with zero attached hydrogens (tertiary/aromatic N) is 1. The maximum Gasteiger partial charge on any atom is 0.123 e. The minimum atomic E-state index is 0.569. The number of morpholine rings is 1. The van der Waals surface area contributed by atoms with Gasteiger partial charge in [0.05, 0.1) is 13.2 Å². The Kier molecular flexibility index (Phi) is 8.24. The van der Waals surface area contributed by atoms with Gasteiger partial charge in [-0.15, -0.1) is 0 Å². The fourth-order valence-electron chi connectivity index (χ4n) is 4.19. The Morgan fingerprint density at radius 3 is 2.73 bits per heavy atom. The number of ether oxygens (including phenoxy) is 2. The van der Waals surface area contributed by atoms with Crippen LogP contribution >= 0.6 is 0 Å². The third-order valence-electron chi connectivity index (χ3n) is 5.79. The molecule has 4 heteroatoms. The smallest absolute Gasteiger partial charge is 0.123 e. The summed E-state index contributed by atoms with van der Waals surface area (Å²) in [5.74, 6) is 1.95. The van der Waals surface area contributed by atoms with Crippen LogP contribution in [0.5, 0.6) is 5.75 Å². The number of hydrogen-bond acceptors (Lipinski definition) is 4. The zero-order valence-corrected chi connectivity index (χ0v) is 16.4. The lowest BCUT2D eigenvalue weighted by molar-refractivity contribution is 0.0322. The van der Waals surface area contributed by atoms with Gasteiger partial charge in [0.1, 0.15) is 12.4 Å². The Balaban J connectivity index is 1.41. The van der Waals surface area contributed by atoms with Crippen molar-refractivity contribution in [1.82, 2.24) is 10.2 Å². The van der Waals surface area contributed by atoms with Crippen LogP contribution in [0.3, 0.4) is 0 Å². The predicted octanol–water partition coefficient (Wildman–Crippen LogP) is 3.85. The third kappa shape index (κ3) is 6.57. The van der Waals surface area contributed by atoms with Gasteiger partial charge in [0.2, 0.25) is 0 Å². The molecule has 0 spiro atoms. The summed E-state index contributed by atoms with van der Waals surface area (Å²) in [6, 6.07) is 9.03. The van der Waals surface area contributed by atoms with E-state index in [4.69, 9.17) is 9.47 Å². The van der Waals surface area contributed by atoms with E-state index in [1.165, 1.54) is 44.1 Å². The van der Waals surface area contributed by atoms with Crippen molar-refractivity contribution in [1.29, 1.82) is 0 Å². The van der Waals surface area contributed by atoms with Crippen LogP contribution in [0.1, 0.15) is 51.0 Å². The second-order valence-electron chi connectivity index (χ2n) is 7.93.